The highest BCUT2D eigenvalue weighted by molar-refractivity contribution is 5.82. The molecule has 1 atom stereocenters. The number of anilines is 1. The van der Waals surface area contributed by atoms with Gasteiger partial charge in [0.05, 0.1) is 11.5 Å². The summed E-state index contributed by atoms with van der Waals surface area (Å²) in [5.41, 5.74) is 6.60. The molecule has 1 rings (SSSR count). The second kappa shape index (κ2) is 5.21. The molecule has 0 heterocycles. The lowest BCUT2D eigenvalue weighted by Gasteiger charge is -2.25. The van der Waals surface area contributed by atoms with Crippen molar-refractivity contribution in [3.63, 3.8) is 0 Å². The van der Waals surface area contributed by atoms with Crippen molar-refractivity contribution >= 4 is 11.7 Å². The standard InChI is InChI=1S/C14H21NO2/c1-5-10(2)17-13(16)14(3,4)11-6-8-12(15)9-7-11/h6-10H,5,15H2,1-4H3. The van der Waals surface area contributed by atoms with Gasteiger partial charge in [0.25, 0.3) is 0 Å². The average Bonchev–Trinajstić information content (AvgIpc) is 2.29. The van der Waals surface area contributed by atoms with Crippen molar-refractivity contribution in [2.24, 2.45) is 0 Å². The Bertz CT molecular complexity index is 382. The van der Waals surface area contributed by atoms with Gasteiger partial charge in [-0.1, -0.05) is 19.1 Å². The smallest absolute Gasteiger partial charge is 0.316 e. The minimum Gasteiger partial charge on any atom is -0.462 e. The normalized spacial score (nSPS) is 13.2. The zero-order chi connectivity index (χ0) is 13.1. The highest BCUT2D eigenvalue weighted by atomic mass is 16.5. The Morgan fingerprint density at radius 2 is 1.88 bits per heavy atom. The van der Waals surface area contributed by atoms with E-state index in [9.17, 15) is 4.79 Å². The molecule has 3 nitrogen and oxygen atoms in total. The monoisotopic (exact) mass is 235 g/mol. The molecule has 0 spiro atoms. The third kappa shape index (κ3) is 3.22. The summed E-state index contributed by atoms with van der Waals surface area (Å²) in [7, 11) is 0. The third-order valence-corrected chi connectivity index (χ3v) is 3.03. The molecule has 2 N–H and O–H groups in total. The van der Waals surface area contributed by atoms with E-state index in [1.54, 1.807) is 12.1 Å². The minimum atomic E-state index is -0.642. The van der Waals surface area contributed by atoms with Gasteiger partial charge in [-0.05, 0) is 44.9 Å². The lowest BCUT2D eigenvalue weighted by molar-refractivity contribution is -0.154. The molecule has 0 aliphatic rings. The van der Waals surface area contributed by atoms with Gasteiger partial charge in [0.15, 0.2) is 0 Å². The Morgan fingerprint density at radius 1 is 1.35 bits per heavy atom. The maximum atomic E-state index is 12.1. The van der Waals surface area contributed by atoms with Crippen LogP contribution in [0, 0.1) is 0 Å². The van der Waals surface area contributed by atoms with Gasteiger partial charge in [-0.2, -0.15) is 0 Å². The summed E-state index contributed by atoms with van der Waals surface area (Å²) in [5.74, 6) is -0.198. The molecule has 0 saturated heterocycles. The molecule has 3 heteroatoms. The summed E-state index contributed by atoms with van der Waals surface area (Å²) in [4.78, 5) is 12.1. The van der Waals surface area contributed by atoms with Gasteiger partial charge in [-0.15, -0.1) is 0 Å². The summed E-state index contributed by atoms with van der Waals surface area (Å²) in [6.07, 6.45) is 0.777. The van der Waals surface area contributed by atoms with Gasteiger partial charge in [0.1, 0.15) is 0 Å². The van der Waals surface area contributed by atoms with Crippen molar-refractivity contribution in [1.29, 1.82) is 0 Å². The molecule has 1 aromatic rings. The van der Waals surface area contributed by atoms with Crippen LogP contribution in [0.3, 0.4) is 0 Å². The van der Waals surface area contributed by atoms with Crippen LogP contribution in [0.15, 0.2) is 24.3 Å². The number of esters is 1. The number of benzene rings is 1. The lowest BCUT2D eigenvalue weighted by atomic mass is 9.84. The van der Waals surface area contributed by atoms with Crippen LogP contribution in [-0.4, -0.2) is 12.1 Å². The zero-order valence-corrected chi connectivity index (χ0v) is 11.0. The number of hydrogen-bond donors (Lipinski definition) is 1. The summed E-state index contributed by atoms with van der Waals surface area (Å²) in [6, 6.07) is 7.33. The number of nitrogens with two attached hydrogens (primary N) is 1. The summed E-state index contributed by atoms with van der Waals surface area (Å²) in [5, 5.41) is 0. The SMILES string of the molecule is CCC(C)OC(=O)C(C)(C)c1ccc(N)cc1. The molecule has 0 aliphatic carbocycles. The Morgan fingerprint density at radius 3 is 2.35 bits per heavy atom. The first kappa shape index (κ1) is 13.6. The second-order valence-corrected chi connectivity index (χ2v) is 4.87. The Balaban J connectivity index is 2.86. The van der Waals surface area contributed by atoms with E-state index in [2.05, 4.69) is 0 Å². The molecule has 0 radical (unpaired) electrons. The van der Waals surface area contributed by atoms with E-state index in [4.69, 9.17) is 10.5 Å². The van der Waals surface area contributed by atoms with Crippen LogP contribution in [0.2, 0.25) is 0 Å². The maximum absolute atomic E-state index is 12.1. The molecule has 1 unspecified atom stereocenters. The highest BCUT2D eigenvalue weighted by Crippen LogP contribution is 2.26. The molecule has 0 aromatic heterocycles. The maximum Gasteiger partial charge on any atom is 0.316 e. The first-order valence-corrected chi connectivity index (χ1v) is 5.95. The molecular formula is C14H21NO2. The van der Waals surface area contributed by atoms with Crippen LogP contribution in [0.1, 0.15) is 39.7 Å². The van der Waals surface area contributed by atoms with Gasteiger partial charge >= 0.3 is 5.97 Å². The molecule has 0 saturated carbocycles. The average molecular weight is 235 g/mol. The predicted octanol–water partition coefficient (Wildman–Crippen LogP) is 2.89. The molecular weight excluding hydrogens is 214 g/mol. The fraction of sp³-hybridized carbons (Fsp3) is 0.500. The summed E-state index contributed by atoms with van der Waals surface area (Å²) < 4.78 is 5.38. The van der Waals surface area contributed by atoms with Gasteiger partial charge < -0.3 is 10.5 Å². The number of carbonyl (C=O) groups excluding carboxylic acids is 1. The van der Waals surface area contributed by atoms with E-state index in [0.717, 1.165) is 12.0 Å². The Labute approximate surface area is 103 Å². The molecule has 0 bridgehead atoms. The van der Waals surface area contributed by atoms with E-state index >= 15 is 0 Å². The molecule has 1 aromatic carbocycles. The van der Waals surface area contributed by atoms with E-state index in [0.29, 0.717) is 5.69 Å². The topological polar surface area (TPSA) is 52.3 Å². The van der Waals surface area contributed by atoms with Crippen LogP contribution >= 0.6 is 0 Å². The summed E-state index contributed by atoms with van der Waals surface area (Å²) >= 11 is 0. The van der Waals surface area contributed by atoms with Crippen LogP contribution in [0.5, 0.6) is 0 Å². The Kier molecular flexibility index (Phi) is 4.16. The zero-order valence-electron chi connectivity index (χ0n) is 11.0. The number of ether oxygens (including phenoxy) is 1. The van der Waals surface area contributed by atoms with Crippen LogP contribution in [0.4, 0.5) is 5.69 Å². The minimum absolute atomic E-state index is 0.0458. The number of hydrogen-bond acceptors (Lipinski definition) is 3. The summed E-state index contributed by atoms with van der Waals surface area (Å²) in [6.45, 7) is 7.62. The number of rotatable bonds is 4. The largest absolute Gasteiger partial charge is 0.462 e. The van der Waals surface area contributed by atoms with Gasteiger partial charge in [-0.3, -0.25) is 4.79 Å². The van der Waals surface area contributed by atoms with Crippen molar-refractivity contribution in [3.05, 3.63) is 29.8 Å². The quantitative estimate of drug-likeness (QED) is 0.645. The third-order valence-electron chi connectivity index (χ3n) is 3.03. The van der Waals surface area contributed by atoms with Crippen LogP contribution < -0.4 is 5.73 Å². The van der Waals surface area contributed by atoms with Crippen LogP contribution in [-0.2, 0) is 14.9 Å². The van der Waals surface area contributed by atoms with Crippen molar-refractivity contribution in [2.45, 2.75) is 45.6 Å². The van der Waals surface area contributed by atoms with Crippen molar-refractivity contribution in [2.75, 3.05) is 5.73 Å². The molecule has 94 valence electrons. The molecule has 0 amide bonds. The van der Waals surface area contributed by atoms with E-state index < -0.39 is 5.41 Å². The fourth-order valence-corrected chi connectivity index (χ4v) is 1.43. The van der Waals surface area contributed by atoms with Crippen LogP contribution in [0.25, 0.3) is 0 Å². The first-order valence-electron chi connectivity index (χ1n) is 5.95. The molecule has 17 heavy (non-hydrogen) atoms. The molecule has 0 aliphatic heterocycles. The number of nitrogen functional groups attached to an aromatic ring is 1. The van der Waals surface area contributed by atoms with E-state index in [1.807, 2.05) is 39.8 Å². The van der Waals surface area contributed by atoms with Gasteiger partial charge in [-0.25, -0.2) is 0 Å². The number of carbonyl (C=O) groups is 1. The van der Waals surface area contributed by atoms with Crippen molar-refractivity contribution < 1.29 is 9.53 Å². The Hall–Kier alpha value is -1.51. The lowest BCUT2D eigenvalue weighted by Crippen LogP contribution is -2.33. The van der Waals surface area contributed by atoms with E-state index in [1.165, 1.54) is 0 Å². The predicted molar refractivity (Wildman–Crippen MR) is 69.7 cm³/mol. The second-order valence-electron chi connectivity index (χ2n) is 4.87. The van der Waals surface area contributed by atoms with Crippen molar-refractivity contribution in [3.8, 4) is 0 Å². The van der Waals surface area contributed by atoms with Gasteiger partial charge in [0.2, 0.25) is 0 Å². The molecule has 0 fully saturated rings. The van der Waals surface area contributed by atoms with Crippen molar-refractivity contribution in [1.82, 2.24) is 0 Å². The van der Waals surface area contributed by atoms with Gasteiger partial charge in [0, 0.05) is 5.69 Å². The first-order chi connectivity index (χ1) is 7.87. The van der Waals surface area contributed by atoms with E-state index in [-0.39, 0.29) is 12.1 Å². The highest BCUT2D eigenvalue weighted by Gasteiger charge is 2.32. The fourth-order valence-electron chi connectivity index (χ4n) is 1.43.